The number of carbonyl (C=O) groups excluding carboxylic acids is 1. The van der Waals surface area contributed by atoms with Gasteiger partial charge in [-0.2, -0.15) is 0 Å². The van der Waals surface area contributed by atoms with Crippen LogP contribution in [0.4, 0.5) is 17.3 Å². The van der Waals surface area contributed by atoms with Crippen LogP contribution in [0.3, 0.4) is 0 Å². The number of nitrogens with two attached hydrogens (primary N) is 1. The summed E-state index contributed by atoms with van der Waals surface area (Å²) >= 11 is 6.19. The van der Waals surface area contributed by atoms with Gasteiger partial charge in [-0.1, -0.05) is 30.9 Å². The largest absolute Gasteiger partial charge is 0.382 e. The molecule has 1 spiro atoms. The van der Waals surface area contributed by atoms with Crippen molar-refractivity contribution in [1.82, 2.24) is 15.3 Å². The predicted octanol–water partition coefficient (Wildman–Crippen LogP) is 3.67. The number of nitrogens with zero attached hydrogens (tertiary/aromatic N) is 2. The molecule has 0 unspecified atom stereocenters. The summed E-state index contributed by atoms with van der Waals surface area (Å²) in [5.74, 6) is 0.728. The van der Waals surface area contributed by atoms with Gasteiger partial charge >= 0.3 is 0 Å². The van der Waals surface area contributed by atoms with E-state index in [-0.39, 0.29) is 17.3 Å². The zero-order valence-corrected chi connectivity index (χ0v) is 14.8. The van der Waals surface area contributed by atoms with Gasteiger partial charge in [0.1, 0.15) is 17.2 Å². The Balaban J connectivity index is 1.77. The number of anilines is 3. The Hall–Kier alpha value is -2.34. The molecule has 130 valence electrons. The van der Waals surface area contributed by atoms with E-state index in [9.17, 15) is 4.79 Å². The summed E-state index contributed by atoms with van der Waals surface area (Å²) in [6.45, 7) is 1.96. The Labute approximate surface area is 151 Å². The first kappa shape index (κ1) is 16.1. The fourth-order valence-electron chi connectivity index (χ4n) is 4.04. The maximum absolute atomic E-state index is 12.5. The van der Waals surface area contributed by atoms with E-state index in [2.05, 4.69) is 20.6 Å². The van der Waals surface area contributed by atoms with E-state index in [1.807, 2.05) is 19.1 Å². The van der Waals surface area contributed by atoms with Crippen molar-refractivity contribution in [2.45, 2.75) is 44.6 Å². The Bertz CT molecular complexity index is 861. The van der Waals surface area contributed by atoms with Crippen LogP contribution in [-0.2, 0) is 5.54 Å². The molecular formula is C18H20ClN5O. The molecular weight excluding hydrogens is 338 g/mol. The number of fused-ring (bicyclic) bond motifs is 2. The Morgan fingerprint density at radius 3 is 2.76 bits per heavy atom. The first-order valence-corrected chi connectivity index (χ1v) is 8.89. The molecule has 1 aliphatic carbocycles. The van der Waals surface area contributed by atoms with E-state index in [1.165, 1.54) is 12.7 Å². The molecule has 25 heavy (non-hydrogen) atoms. The van der Waals surface area contributed by atoms with Gasteiger partial charge < -0.3 is 16.4 Å². The second kappa shape index (κ2) is 5.88. The van der Waals surface area contributed by atoms with Crippen LogP contribution >= 0.6 is 11.6 Å². The minimum absolute atomic E-state index is 0.0327. The van der Waals surface area contributed by atoms with Crippen molar-refractivity contribution in [2.75, 3.05) is 11.1 Å². The molecule has 2 aliphatic rings. The number of amides is 1. The number of nitrogen functional groups attached to an aromatic ring is 1. The van der Waals surface area contributed by atoms with Crippen molar-refractivity contribution in [2.24, 2.45) is 0 Å². The predicted molar refractivity (Wildman–Crippen MR) is 98.1 cm³/mol. The zero-order valence-electron chi connectivity index (χ0n) is 14.0. The molecule has 6 nitrogen and oxygen atoms in total. The van der Waals surface area contributed by atoms with Crippen molar-refractivity contribution < 1.29 is 4.79 Å². The van der Waals surface area contributed by atoms with Gasteiger partial charge in [-0.05, 0) is 43.0 Å². The lowest BCUT2D eigenvalue weighted by atomic mass is 9.77. The Morgan fingerprint density at radius 2 is 2.00 bits per heavy atom. The van der Waals surface area contributed by atoms with E-state index in [0.717, 1.165) is 48.1 Å². The molecule has 1 fully saturated rings. The van der Waals surface area contributed by atoms with Gasteiger partial charge in [0.15, 0.2) is 5.82 Å². The first-order valence-electron chi connectivity index (χ1n) is 8.51. The summed E-state index contributed by atoms with van der Waals surface area (Å²) in [5.41, 5.74) is 9.19. The summed E-state index contributed by atoms with van der Waals surface area (Å²) in [4.78, 5) is 20.6. The highest BCUT2D eigenvalue weighted by atomic mass is 35.5. The minimum Gasteiger partial charge on any atom is -0.382 e. The fraction of sp³-hybridized carbons (Fsp3) is 0.389. The monoisotopic (exact) mass is 357 g/mol. The highest BCUT2D eigenvalue weighted by molar-refractivity contribution is 6.35. The summed E-state index contributed by atoms with van der Waals surface area (Å²) in [6.07, 6.45) is 6.82. The van der Waals surface area contributed by atoms with Crippen LogP contribution in [-0.4, -0.2) is 15.9 Å². The normalized spacial score (nSPS) is 18.1. The van der Waals surface area contributed by atoms with Gasteiger partial charge in [0.05, 0.1) is 5.54 Å². The van der Waals surface area contributed by atoms with Gasteiger partial charge in [0.25, 0.3) is 5.91 Å². The molecule has 0 atom stereocenters. The van der Waals surface area contributed by atoms with Crippen LogP contribution in [0.25, 0.3) is 0 Å². The van der Waals surface area contributed by atoms with Crippen molar-refractivity contribution in [3.05, 3.63) is 40.2 Å². The van der Waals surface area contributed by atoms with E-state index in [4.69, 9.17) is 17.3 Å². The first-order chi connectivity index (χ1) is 12.0. The van der Waals surface area contributed by atoms with Crippen LogP contribution < -0.4 is 16.4 Å². The Kier molecular flexibility index (Phi) is 3.80. The van der Waals surface area contributed by atoms with Crippen molar-refractivity contribution in [3.63, 3.8) is 0 Å². The molecule has 4 rings (SSSR count). The molecule has 7 heteroatoms. The highest BCUT2D eigenvalue weighted by Gasteiger charge is 2.44. The van der Waals surface area contributed by atoms with Gasteiger partial charge in [-0.15, -0.1) is 0 Å². The van der Waals surface area contributed by atoms with Crippen molar-refractivity contribution in [3.8, 4) is 0 Å². The number of aryl methyl sites for hydroxylation is 1. The zero-order chi connectivity index (χ0) is 17.6. The third kappa shape index (κ3) is 2.61. The van der Waals surface area contributed by atoms with E-state index >= 15 is 0 Å². The number of halogens is 1. The van der Waals surface area contributed by atoms with Gasteiger partial charge in [-0.3, -0.25) is 4.79 Å². The molecule has 0 saturated heterocycles. The number of carbonyl (C=O) groups is 1. The summed E-state index contributed by atoms with van der Waals surface area (Å²) in [5, 5.41) is 6.76. The fourth-order valence-corrected chi connectivity index (χ4v) is 4.19. The second-order valence-corrected chi connectivity index (χ2v) is 7.24. The molecule has 0 bridgehead atoms. The Morgan fingerprint density at radius 1 is 1.24 bits per heavy atom. The molecule has 2 aromatic rings. The molecule has 1 aliphatic heterocycles. The lowest BCUT2D eigenvalue weighted by molar-refractivity contribution is 0.0909. The summed E-state index contributed by atoms with van der Waals surface area (Å²) < 4.78 is 0. The minimum atomic E-state index is -0.235. The number of hydrogen-bond donors (Lipinski definition) is 3. The van der Waals surface area contributed by atoms with E-state index in [1.54, 1.807) is 0 Å². The van der Waals surface area contributed by atoms with Crippen molar-refractivity contribution >= 4 is 34.8 Å². The van der Waals surface area contributed by atoms with Gasteiger partial charge in [0.2, 0.25) is 0 Å². The average Bonchev–Trinajstić information content (AvgIpc) is 2.85. The third-order valence-corrected chi connectivity index (χ3v) is 5.59. The number of nitrogens with one attached hydrogen (secondary N) is 2. The quantitative estimate of drug-likeness (QED) is 0.762. The smallest absolute Gasteiger partial charge is 0.252 e. The number of rotatable bonds is 2. The topological polar surface area (TPSA) is 92.9 Å². The lowest BCUT2D eigenvalue weighted by Gasteiger charge is -2.34. The standard InChI is InChI=1S/C18H20ClN5O/c1-10-7-11(23-16-14(19)15(20)21-9-22-16)8-12-13(10)17(25)24-18(12)5-3-2-4-6-18/h7-9H,2-6H2,1H3,(H,24,25)(H3,20,21,22,23). The second-order valence-electron chi connectivity index (χ2n) is 6.86. The van der Waals surface area contributed by atoms with Crippen LogP contribution in [0, 0.1) is 6.92 Å². The summed E-state index contributed by atoms with van der Waals surface area (Å²) in [7, 11) is 0. The molecule has 0 radical (unpaired) electrons. The molecule has 4 N–H and O–H groups in total. The van der Waals surface area contributed by atoms with Gasteiger partial charge in [-0.25, -0.2) is 9.97 Å². The van der Waals surface area contributed by atoms with E-state index in [0.29, 0.717) is 10.8 Å². The molecule has 2 heterocycles. The maximum Gasteiger partial charge on any atom is 0.252 e. The van der Waals surface area contributed by atoms with Crippen LogP contribution in [0.1, 0.15) is 53.6 Å². The maximum atomic E-state index is 12.5. The third-order valence-electron chi connectivity index (χ3n) is 5.22. The van der Waals surface area contributed by atoms with Gasteiger partial charge in [0, 0.05) is 11.3 Å². The molecule has 1 aromatic heterocycles. The van der Waals surface area contributed by atoms with Crippen LogP contribution in [0.15, 0.2) is 18.5 Å². The van der Waals surface area contributed by atoms with Crippen molar-refractivity contribution in [1.29, 1.82) is 0 Å². The van der Waals surface area contributed by atoms with E-state index < -0.39 is 0 Å². The number of hydrogen-bond acceptors (Lipinski definition) is 5. The SMILES string of the molecule is Cc1cc(Nc2ncnc(N)c2Cl)cc2c1C(=O)NC21CCCCC1. The molecule has 1 amide bonds. The molecule has 1 saturated carbocycles. The number of benzene rings is 1. The summed E-state index contributed by atoms with van der Waals surface area (Å²) in [6, 6.07) is 3.98. The number of aromatic nitrogens is 2. The lowest BCUT2D eigenvalue weighted by Crippen LogP contribution is -2.40. The highest BCUT2D eigenvalue weighted by Crippen LogP contribution is 2.44. The average molecular weight is 358 g/mol. The van der Waals surface area contributed by atoms with Crippen LogP contribution in [0.2, 0.25) is 5.02 Å². The van der Waals surface area contributed by atoms with Crippen LogP contribution in [0.5, 0.6) is 0 Å². The molecule has 1 aromatic carbocycles.